The van der Waals surface area contributed by atoms with Crippen LogP contribution in [0.15, 0.2) is 18.2 Å². The molecule has 0 saturated carbocycles. The highest BCUT2D eigenvalue weighted by Crippen LogP contribution is 2.37. The summed E-state index contributed by atoms with van der Waals surface area (Å²) >= 11 is 0. The van der Waals surface area contributed by atoms with Gasteiger partial charge in [-0.3, -0.25) is 4.90 Å². The van der Waals surface area contributed by atoms with Crippen molar-refractivity contribution in [1.82, 2.24) is 4.90 Å². The van der Waals surface area contributed by atoms with E-state index in [0.29, 0.717) is 17.9 Å². The summed E-state index contributed by atoms with van der Waals surface area (Å²) in [4.78, 5) is 2.40. The number of hydrogen-bond acceptors (Lipinski definition) is 3. The summed E-state index contributed by atoms with van der Waals surface area (Å²) in [6, 6.07) is 7.14. The number of nitrogens with two attached hydrogens (primary N) is 1. The average Bonchev–Trinajstić information content (AvgIpc) is 2.79. The average molecular weight is 262 g/mol. The lowest BCUT2D eigenvalue weighted by molar-refractivity contribution is 0.312. The highest BCUT2D eigenvalue weighted by atomic mass is 16.5. The van der Waals surface area contributed by atoms with Crippen molar-refractivity contribution in [2.45, 2.75) is 32.2 Å². The van der Waals surface area contributed by atoms with Gasteiger partial charge in [0.2, 0.25) is 0 Å². The van der Waals surface area contributed by atoms with Crippen molar-refractivity contribution in [1.29, 1.82) is 0 Å². The molecule has 1 heterocycles. The molecule has 106 valence electrons. The number of methoxy groups -OCH3 is 1. The molecule has 0 bridgehead atoms. The molecule has 0 amide bonds. The minimum atomic E-state index is 0.476. The molecule has 2 N–H and O–H groups in total. The normalized spacial score (nSPS) is 24.1. The summed E-state index contributed by atoms with van der Waals surface area (Å²) in [6.45, 7) is 6.27. The number of benzene rings is 1. The highest BCUT2D eigenvalue weighted by Gasteiger charge is 2.30. The Balaban J connectivity index is 2.26. The minimum absolute atomic E-state index is 0.476. The molecular weight excluding hydrogens is 236 g/mol. The maximum atomic E-state index is 5.80. The van der Waals surface area contributed by atoms with Gasteiger partial charge in [-0.15, -0.1) is 0 Å². The molecule has 1 fully saturated rings. The van der Waals surface area contributed by atoms with Gasteiger partial charge in [0.1, 0.15) is 5.75 Å². The van der Waals surface area contributed by atoms with E-state index in [1.54, 1.807) is 7.11 Å². The summed E-state index contributed by atoms with van der Waals surface area (Å²) < 4.78 is 5.55. The van der Waals surface area contributed by atoms with Crippen molar-refractivity contribution >= 4 is 0 Å². The number of nitrogens with zero attached hydrogens (tertiary/aromatic N) is 1. The van der Waals surface area contributed by atoms with Gasteiger partial charge in [0.05, 0.1) is 7.11 Å². The third-order valence-corrected chi connectivity index (χ3v) is 4.23. The standard InChI is InChI=1S/C16H26N2O/c1-11(2)14-6-5-13(8-16(14)19-4)15-7-12(9-17)10-18(15)3/h5-6,8,11-12,15H,7,9-10,17H2,1-4H3. The second-order valence-electron chi connectivity index (χ2n) is 5.95. The smallest absolute Gasteiger partial charge is 0.122 e. The summed E-state index contributed by atoms with van der Waals surface area (Å²) in [5, 5.41) is 0. The molecule has 0 spiro atoms. The Bertz CT molecular complexity index is 431. The summed E-state index contributed by atoms with van der Waals surface area (Å²) in [7, 11) is 3.94. The third-order valence-electron chi connectivity index (χ3n) is 4.23. The van der Waals surface area contributed by atoms with Gasteiger partial charge in [-0.1, -0.05) is 26.0 Å². The molecule has 19 heavy (non-hydrogen) atoms. The van der Waals surface area contributed by atoms with Crippen molar-refractivity contribution in [3.8, 4) is 5.75 Å². The van der Waals surface area contributed by atoms with Crippen LogP contribution in [0.4, 0.5) is 0 Å². The monoisotopic (exact) mass is 262 g/mol. The van der Waals surface area contributed by atoms with Crippen LogP contribution in [0.3, 0.4) is 0 Å². The van der Waals surface area contributed by atoms with E-state index in [1.807, 2.05) is 0 Å². The van der Waals surface area contributed by atoms with E-state index in [-0.39, 0.29) is 0 Å². The fourth-order valence-electron chi connectivity index (χ4n) is 3.08. The van der Waals surface area contributed by atoms with Crippen molar-refractivity contribution < 1.29 is 4.74 Å². The van der Waals surface area contributed by atoms with E-state index < -0.39 is 0 Å². The van der Waals surface area contributed by atoms with Crippen LogP contribution in [0.1, 0.15) is 43.4 Å². The summed E-state index contributed by atoms with van der Waals surface area (Å²) in [5.74, 6) is 2.12. The molecule has 0 aliphatic carbocycles. The van der Waals surface area contributed by atoms with Gasteiger partial charge in [-0.2, -0.15) is 0 Å². The maximum Gasteiger partial charge on any atom is 0.122 e. The lowest BCUT2D eigenvalue weighted by Crippen LogP contribution is -2.20. The lowest BCUT2D eigenvalue weighted by atomic mass is 9.95. The molecule has 2 unspecified atom stereocenters. The first kappa shape index (κ1) is 14.4. The predicted octanol–water partition coefficient (Wildman–Crippen LogP) is 2.77. The van der Waals surface area contributed by atoms with Crippen molar-refractivity contribution in [3.63, 3.8) is 0 Å². The van der Waals surface area contributed by atoms with Gasteiger partial charge < -0.3 is 10.5 Å². The Morgan fingerprint density at radius 1 is 1.42 bits per heavy atom. The Kier molecular flexibility index (Phi) is 4.48. The van der Waals surface area contributed by atoms with Gasteiger partial charge in [0, 0.05) is 12.6 Å². The topological polar surface area (TPSA) is 38.5 Å². The van der Waals surface area contributed by atoms with Crippen molar-refractivity contribution in [3.05, 3.63) is 29.3 Å². The molecule has 1 aliphatic heterocycles. The fraction of sp³-hybridized carbons (Fsp3) is 0.625. The zero-order valence-electron chi connectivity index (χ0n) is 12.5. The Labute approximate surface area is 116 Å². The fourth-order valence-corrected chi connectivity index (χ4v) is 3.08. The first-order valence-corrected chi connectivity index (χ1v) is 7.15. The molecule has 2 rings (SSSR count). The molecule has 3 heteroatoms. The molecule has 1 saturated heterocycles. The summed E-state index contributed by atoms with van der Waals surface area (Å²) in [6.07, 6.45) is 1.15. The second-order valence-corrected chi connectivity index (χ2v) is 5.95. The minimum Gasteiger partial charge on any atom is -0.496 e. The zero-order chi connectivity index (χ0) is 14.0. The molecule has 1 aliphatic rings. The molecule has 2 atom stereocenters. The van der Waals surface area contributed by atoms with Crippen LogP contribution in [0.2, 0.25) is 0 Å². The molecule has 1 aromatic rings. The Morgan fingerprint density at radius 3 is 2.68 bits per heavy atom. The van der Waals surface area contributed by atoms with Crippen LogP contribution in [0.25, 0.3) is 0 Å². The van der Waals surface area contributed by atoms with Crippen molar-refractivity contribution in [2.24, 2.45) is 11.7 Å². The van der Waals surface area contributed by atoms with Gasteiger partial charge >= 0.3 is 0 Å². The van der Waals surface area contributed by atoms with Crippen LogP contribution >= 0.6 is 0 Å². The van der Waals surface area contributed by atoms with Crippen LogP contribution in [-0.4, -0.2) is 32.1 Å². The van der Waals surface area contributed by atoms with E-state index in [4.69, 9.17) is 10.5 Å². The van der Waals surface area contributed by atoms with Crippen LogP contribution < -0.4 is 10.5 Å². The van der Waals surface area contributed by atoms with E-state index in [1.165, 1.54) is 11.1 Å². The molecule has 1 aromatic carbocycles. The van der Waals surface area contributed by atoms with Gasteiger partial charge in [0.15, 0.2) is 0 Å². The second kappa shape index (κ2) is 5.93. The summed E-state index contributed by atoms with van der Waals surface area (Å²) in [5.41, 5.74) is 8.43. The van der Waals surface area contributed by atoms with Crippen LogP contribution in [0.5, 0.6) is 5.75 Å². The number of hydrogen-bond donors (Lipinski definition) is 1. The van der Waals surface area contributed by atoms with Gasteiger partial charge in [0.25, 0.3) is 0 Å². The van der Waals surface area contributed by atoms with Gasteiger partial charge in [-0.05, 0) is 49.0 Å². The van der Waals surface area contributed by atoms with E-state index in [2.05, 4.69) is 44.0 Å². The lowest BCUT2D eigenvalue weighted by Gasteiger charge is -2.21. The van der Waals surface area contributed by atoms with Gasteiger partial charge in [-0.25, -0.2) is 0 Å². The first-order chi connectivity index (χ1) is 9.06. The first-order valence-electron chi connectivity index (χ1n) is 7.15. The van der Waals surface area contributed by atoms with E-state index >= 15 is 0 Å². The number of ether oxygens (including phenoxy) is 1. The molecule has 0 aromatic heterocycles. The van der Waals surface area contributed by atoms with Crippen LogP contribution in [-0.2, 0) is 0 Å². The largest absolute Gasteiger partial charge is 0.496 e. The van der Waals surface area contributed by atoms with E-state index in [9.17, 15) is 0 Å². The SMILES string of the molecule is COc1cc(C2CC(CN)CN2C)ccc1C(C)C. The molecule has 0 radical (unpaired) electrons. The molecule has 3 nitrogen and oxygen atoms in total. The highest BCUT2D eigenvalue weighted by molar-refractivity contribution is 5.40. The van der Waals surface area contributed by atoms with E-state index in [0.717, 1.165) is 25.3 Å². The quantitative estimate of drug-likeness (QED) is 0.907. The zero-order valence-corrected chi connectivity index (χ0v) is 12.5. The Morgan fingerprint density at radius 2 is 2.16 bits per heavy atom. The molecular formula is C16H26N2O. The number of rotatable bonds is 4. The maximum absolute atomic E-state index is 5.80. The predicted molar refractivity (Wildman–Crippen MR) is 79.6 cm³/mol. The Hall–Kier alpha value is -1.06. The third kappa shape index (κ3) is 2.93. The van der Waals surface area contributed by atoms with Crippen molar-refractivity contribution in [2.75, 3.05) is 27.2 Å². The van der Waals surface area contributed by atoms with Crippen LogP contribution in [0, 0.1) is 5.92 Å². The number of likely N-dealkylation sites (tertiary alicyclic amines) is 1.